The van der Waals surface area contributed by atoms with E-state index in [0.717, 1.165) is 31.9 Å². The van der Waals surface area contributed by atoms with Crippen LogP contribution in [-0.2, 0) is 28.7 Å². The normalized spacial score (nSPS) is 24.5. The summed E-state index contributed by atoms with van der Waals surface area (Å²) < 4.78 is 45.3. The number of carbonyl (C=O) groups is 1. The highest BCUT2D eigenvalue weighted by Gasteiger charge is 2.36. The Kier molecular flexibility index (Phi) is 4.85. The van der Waals surface area contributed by atoms with E-state index in [1.165, 1.54) is 0 Å². The van der Waals surface area contributed by atoms with Gasteiger partial charge in [-0.1, -0.05) is 0 Å². The van der Waals surface area contributed by atoms with Crippen LogP contribution >= 0.6 is 0 Å². The standard InChI is InChI=1S/C16H22F3N3O2/c1-21(15(23)12-4-2-3-7-24-12)8-11-5-6-14-20-13(16(17,18)19)10-22(14)9-11/h10-12H,2-9H2,1H3. The van der Waals surface area contributed by atoms with Crippen molar-refractivity contribution >= 4 is 5.91 Å². The molecule has 0 N–H and O–H groups in total. The number of likely N-dealkylation sites (N-methyl/N-ethyl adjacent to an activating group) is 1. The molecular formula is C16H22F3N3O2. The van der Waals surface area contributed by atoms with Crippen molar-refractivity contribution < 1.29 is 22.7 Å². The minimum Gasteiger partial charge on any atom is -0.368 e. The lowest BCUT2D eigenvalue weighted by atomic mass is 9.98. The van der Waals surface area contributed by atoms with E-state index in [1.807, 2.05) is 0 Å². The quantitative estimate of drug-likeness (QED) is 0.846. The van der Waals surface area contributed by atoms with Crippen molar-refractivity contribution in [2.45, 2.75) is 50.9 Å². The van der Waals surface area contributed by atoms with Crippen molar-refractivity contribution in [2.24, 2.45) is 5.92 Å². The van der Waals surface area contributed by atoms with Gasteiger partial charge in [0.25, 0.3) is 5.91 Å². The zero-order valence-electron chi connectivity index (χ0n) is 13.7. The van der Waals surface area contributed by atoms with Gasteiger partial charge in [-0.05, 0) is 31.6 Å². The van der Waals surface area contributed by atoms with Crippen molar-refractivity contribution in [1.29, 1.82) is 0 Å². The number of alkyl halides is 3. The lowest BCUT2D eigenvalue weighted by molar-refractivity contribution is -0.145. The Morgan fingerprint density at radius 3 is 2.88 bits per heavy atom. The molecule has 3 rings (SSSR count). The summed E-state index contributed by atoms with van der Waals surface area (Å²) in [5.41, 5.74) is -0.835. The van der Waals surface area contributed by atoms with Crippen LogP contribution < -0.4 is 0 Å². The molecule has 1 aromatic heterocycles. The van der Waals surface area contributed by atoms with Crippen LogP contribution in [0.1, 0.15) is 37.2 Å². The van der Waals surface area contributed by atoms with Crippen molar-refractivity contribution in [3.05, 3.63) is 17.7 Å². The van der Waals surface area contributed by atoms with Crippen LogP contribution in [0.2, 0.25) is 0 Å². The Morgan fingerprint density at radius 2 is 2.21 bits per heavy atom. The SMILES string of the molecule is CN(CC1CCc2nc(C(F)(F)F)cn2C1)C(=O)C1CCCCO1. The molecule has 2 unspecified atom stereocenters. The first-order valence-corrected chi connectivity index (χ1v) is 8.34. The van der Waals surface area contributed by atoms with E-state index >= 15 is 0 Å². The van der Waals surface area contributed by atoms with Crippen LogP contribution in [0.4, 0.5) is 13.2 Å². The lowest BCUT2D eigenvalue weighted by Crippen LogP contribution is -2.43. The predicted molar refractivity (Wildman–Crippen MR) is 80.3 cm³/mol. The Balaban J connectivity index is 1.59. The van der Waals surface area contributed by atoms with Crippen molar-refractivity contribution in [3.8, 4) is 0 Å². The number of amides is 1. The molecule has 2 atom stereocenters. The minimum absolute atomic E-state index is 0.0258. The third kappa shape index (κ3) is 3.74. The van der Waals surface area contributed by atoms with Crippen molar-refractivity contribution in [2.75, 3.05) is 20.2 Å². The number of hydrogen-bond acceptors (Lipinski definition) is 3. The van der Waals surface area contributed by atoms with Gasteiger partial charge in [0, 0.05) is 39.4 Å². The van der Waals surface area contributed by atoms with E-state index in [9.17, 15) is 18.0 Å². The van der Waals surface area contributed by atoms with Gasteiger partial charge in [-0.25, -0.2) is 4.98 Å². The maximum Gasteiger partial charge on any atom is 0.434 e. The molecule has 1 fully saturated rings. The van der Waals surface area contributed by atoms with E-state index in [-0.39, 0.29) is 17.9 Å². The second-order valence-corrected chi connectivity index (χ2v) is 6.67. The topological polar surface area (TPSA) is 47.4 Å². The monoisotopic (exact) mass is 345 g/mol. The largest absolute Gasteiger partial charge is 0.434 e. The highest BCUT2D eigenvalue weighted by Crippen LogP contribution is 2.31. The summed E-state index contributed by atoms with van der Waals surface area (Å²) in [6, 6.07) is 0. The number of halogens is 3. The zero-order valence-corrected chi connectivity index (χ0v) is 13.7. The maximum absolute atomic E-state index is 12.8. The molecule has 3 heterocycles. The Morgan fingerprint density at radius 1 is 1.42 bits per heavy atom. The molecule has 0 spiro atoms. The lowest BCUT2D eigenvalue weighted by Gasteiger charge is -2.31. The van der Waals surface area contributed by atoms with Gasteiger partial charge in [-0.3, -0.25) is 4.79 Å². The number of rotatable bonds is 3. The third-order valence-corrected chi connectivity index (χ3v) is 4.74. The number of aromatic nitrogens is 2. The number of carbonyl (C=O) groups excluding carboxylic acids is 1. The van der Waals surface area contributed by atoms with Crippen LogP contribution in [0.15, 0.2) is 6.20 Å². The fourth-order valence-electron chi connectivity index (χ4n) is 3.46. The van der Waals surface area contributed by atoms with E-state index < -0.39 is 11.9 Å². The fraction of sp³-hybridized carbons (Fsp3) is 0.750. The van der Waals surface area contributed by atoms with E-state index in [0.29, 0.717) is 31.9 Å². The number of imidazole rings is 1. The van der Waals surface area contributed by atoms with Gasteiger partial charge in [0.05, 0.1) is 0 Å². The Labute approximate surface area is 138 Å². The molecule has 134 valence electrons. The van der Waals surface area contributed by atoms with Crippen LogP contribution in [0.25, 0.3) is 0 Å². The van der Waals surface area contributed by atoms with Crippen LogP contribution in [0.3, 0.4) is 0 Å². The molecular weight excluding hydrogens is 323 g/mol. The number of ether oxygens (including phenoxy) is 1. The first-order chi connectivity index (χ1) is 11.3. The predicted octanol–water partition coefficient (Wildman–Crippen LogP) is 2.49. The highest BCUT2D eigenvalue weighted by molar-refractivity contribution is 5.80. The second-order valence-electron chi connectivity index (χ2n) is 6.67. The number of fused-ring (bicyclic) bond motifs is 1. The molecule has 5 nitrogen and oxygen atoms in total. The maximum atomic E-state index is 12.8. The average Bonchev–Trinajstić information content (AvgIpc) is 2.98. The molecule has 0 radical (unpaired) electrons. The molecule has 1 aromatic rings. The summed E-state index contributed by atoms with van der Waals surface area (Å²) in [4.78, 5) is 17.7. The third-order valence-electron chi connectivity index (χ3n) is 4.74. The second kappa shape index (κ2) is 6.74. The molecule has 2 aliphatic heterocycles. The summed E-state index contributed by atoms with van der Waals surface area (Å²) in [6.45, 7) is 1.60. The minimum atomic E-state index is -4.41. The van der Waals surface area contributed by atoms with Gasteiger partial charge in [-0.2, -0.15) is 13.2 Å². The molecule has 2 aliphatic rings. The van der Waals surface area contributed by atoms with Crippen molar-refractivity contribution in [3.63, 3.8) is 0 Å². The van der Waals surface area contributed by atoms with Gasteiger partial charge in [0.1, 0.15) is 11.9 Å². The molecule has 1 amide bonds. The van der Waals surface area contributed by atoms with E-state index in [4.69, 9.17) is 4.74 Å². The number of nitrogens with zero attached hydrogens (tertiary/aromatic N) is 3. The van der Waals surface area contributed by atoms with Crippen LogP contribution in [-0.4, -0.2) is 46.7 Å². The Hall–Kier alpha value is -1.57. The molecule has 0 aromatic carbocycles. The number of aryl methyl sites for hydroxylation is 1. The molecule has 1 saturated heterocycles. The van der Waals surface area contributed by atoms with Gasteiger partial charge in [0.15, 0.2) is 5.69 Å². The number of hydrogen-bond donors (Lipinski definition) is 0. The molecule has 24 heavy (non-hydrogen) atoms. The highest BCUT2D eigenvalue weighted by atomic mass is 19.4. The van der Waals surface area contributed by atoms with Gasteiger partial charge >= 0.3 is 6.18 Å². The first-order valence-electron chi connectivity index (χ1n) is 8.34. The smallest absolute Gasteiger partial charge is 0.368 e. The summed E-state index contributed by atoms with van der Waals surface area (Å²) >= 11 is 0. The summed E-state index contributed by atoms with van der Waals surface area (Å²) in [5, 5.41) is 0. The first kappa shape index (κ1) is 17.3. The molecule has 0 bridgehead atoms. The fourth-order valence-corrected chi connectivity index (χ4v) is 3.46. The molecule has 0 aliphatic carbocycles. The van der Waals surface area contributed by atoms with Crippen LogP contribution in [0, 0.1) is 5.92 Å². The zero-order chi connectivity index (χ0) is 17.3. The summed E-state index contributed by atoms with van der Waals surface area (Å²) in [7, 11) is 1.74. The summed E-state index contributed by atoms with van der Waals surface area (Å²) in [6.07, 6.45) is 0.258. The van der Waals surface area contributed by atoms with Crippen LogP contribution in [0.5, 0.6) is 0 Å². The van der Waals surface area contributed by atoms with Gasteiger partial charge in [-0.15, -0.1) is 0 Å². The van der Waals surface area contributed by atoms with E-state index in [2.05, 4.69) is 4.98 Å². The van der Waals surface area contributed by atoms with Gasteiger partial charge < -0.3 is 14.2 Å². The van der Waals surface area contributed by atoms with Gasteiger partial charge in [0.2, 0.25) is 0 Å². The molecule has 8 heteroatoms. The van der Waals surface area contributed by atoms with Crippen molar-refractivity contribution in [1.82, 2.24) is 14.5 Å². The average molecular weight is 345 g/mol. The Bertz CT molecular complexity index is 594. The van der Waals surface area contributed by atoms with E-state index in [1.54, 1.807) is 16.5 Å². The summed E-state index contributed by atoms with van der Waals surface area (Å²) in [5.74, 6) is 0.579. The molecule has 0 saturated carbocycles.